The fraction of sp³-hybridized carbons (Fsp3) is 0.267. The van der Waals surface area contributed by atoms with Gasteiger partial charge < -0.3 is 0 Å². The van der Waals surface area contributed by atoms with Gasteiger partial charge in [0.05, 0.1) is 11.2 Å². The van der Waals surface area contributed by atoms with Gasteiger partial charge in [-0.1, -0.05) is 6.07 Å². The van der Waals surface area contributed by atoms with E-state index in [-0.39, 0.29) is 24.5 Å². The molecule has 10 heteroatoms. The SMILES string of the molecule is CS(=O)(=O)N(CCNS(=O)(=O)c1ccc(F)cc1)Cc1cccnc1. The van der Waals surface area contributed by atoms with Gasteiger partial charge in [0, 0.05) is 32.0 Å². The van der Waals surface area contributed by atoms with Crippen LogP contribution in [-0.4, -0.2) is 45.5 Å². The zero-order valence-corrected chi connectivity index (χ0v) is 15.1. The van der Waals surface area contributed by atoms with Gasteiger partial charge >= 0.3 is 0 Å². The lowest BCUT2D eigenvalue weighted by molar-refractivity contribution is 0.412. The molecule has 0 aliphatic carbocycles. The molecule has 0 unspecified atom stereocenters. The predicted molar refractivity (Wildman–Crippen MR) is 91.1 cm³/mol. The zero-order chi connectivity index (χ0) is 18.5. The maximum Gasteiger partial charge on any atom is 0.240 e. The van der Waals surface area contributed by atoms with E-state index in [4.69, 9.17) is 0 Å². The smallest absolute Gasteiger partial charge is 0.240 e. The van der Waals surface area contributed by atoms with E-state index in [1.54, 1.807) is 24.5 Å². The lowest BCUT2D eigenvalue weighted by atomic mass is 10.3. The van der Waals surface area contributed by atoms with Gasteiger partial charge in [-0.15, -0.1) is 0 Å². The lowest BCUT2D eigenvalue weighted by Crippen LogP contribution is -2.37. The molecular weight excluding hydrogens is 369 g/mol. The predicted octanol–water partition coefficient (Wildman–Crippen LogP) is 0.961. The minimum absolute atomic E-state index is 0.0475. The van der Waals surface area contributed by atoms with Crippen molar-refractivity contribution in [3.05, 3.63) is 60.2 Å². The van der Waals surface area contributed by atoms with Gasteiger partial charge in [-0.25, -0.2) is 25.9 Å². The summed E-state index contributed by atoms with van der Waals surface area (Å²) in [6, 6.07) is 7.78. The molecule has 0 aliphatic heterocycles. The minimum Gasteiger partial charge on any atom is -0.264 e. The first-order valence-electron chi connectivity index (χ1n) is 7.28. The maximum atomic E-state index is 12.9. The van der Waals surface area contributed by atoms with Gasteiger partial charge in [0.2, 0.25) is 20.0 Å². The van der Waals surface area contributed by atoms with Crippen LogP contribution in [0.5, 0.6) is 0 Å². The molecule has 0 bridgehead atoms. The second kappa shape index (κ2) is 8.00. The summed E-state index contributed by atoms with van der Waals surface area (Å²) < 4.78 is 64.4. The van der Waals surface area contributed by atoms with E-state index < -0.39 is 25.9 Å². The Hall–Kier alpha value is -1.88. The minimum atomic E-state index is -3.84. The van der Waals surface area contributed by atoms with Crippen molar-refractivity contribution in [2.45, 2.75) is 11.4 Å². The molecule has 0 amide bonds. The van der Waals surface area contributed by atoms with Crippen molar-refractivity contribution >= 4 is 20.0 Å². The molecule has 0 saturated carbocycles. The number of benzene rings is 1. The Morgan fingerprint density at radius 3 is 2.36 bits per heavy atom. The van der Waals surface area contributed by atoms with Gasteiger partial charge in [-0.3, -0.25) is 4.98 Å². The third-order valence-electron chi connectivity index (χ3n) is 3.33. The third-order valence-corrected chi connectivity index (χ3v) is 6.05. The van der Waals surface area contributed by atoms with Crippen molar-refractivity contribution < 1.29 is 21.2 Å². The van der Waals surface area contributed by atoms with Crippen molar-refractivity contribution in [3.63, 3.8) is 0 Å². The van der Waals surface area contributed by atoms with Crippen LogP contribution >= 0.6 is 0 Å². The Labute approximate surface area is 146 Å². The second-order valence-electron chi connectivity index (χ2n) is 5.31. The Balaban J connectivity index is 2.02. The average molecular weight is 387 g/mol. The summed E-state index contributed by atoms with van der Waals surface area (Å²) in [7, 11) is -7.37. The number of hydrogen-bond donors (Lipinski definition) is 1. The lowest BCUT2D eigenvalue weighted by Gasteiger charge is -2.20. The normalized spacial score (nSPS) is 12.4. The van der Waals surface area contributed by atoms with E-state index in [1.807, 2.05) is 0 Å². The number of halogens is 1. The zero-order valence-electron chi connectivity index (χ0n) is 13.5. The van der Waals surface area contributed by atoms with Crippen LogP contribution in [0.15, 0.2) is 53.7 Å². The van der Waals surface area contributed by atoms with Crippen molar-refractivity contribution in [1.29, 1.82) is 0 Å². The molecule has 0 atom stereocenters. The van der Waals surface area contributed by atoms with Crippen molar-refractivity contribution in [3.8, 4) is 0 Å². The largest absolute Gasteiger partial charge is 0.264 e. The summed E-state index contributed by atoms with van der Waals surface area (Å²) in [5.74, 6) is -0.543. The standard InChI is InChI=1S/C15H18FN3O4S2/c1-24(20,21)19(12-13-3-2-8-17-11-13)10-9-18-25(22,23)15-6-4-14(16)5-7-15/h2-8,11,18H,9-10,12H2,1H3. The monoisotopic (exact) mass is 387 g/mol. The summed E-state index contributed by atoms with van der Waals surface area (Å²) in [5, 5.41) is 0. The molecule has 25 heavy (non-hydrogen) atoms. The molecule has 1 aromatic heterocycles. The fourth-order valence-corrected chi connectivity index (χ4v) is 3.89. The molecule has 0 radical (unpaired) electrons. The Kier molecular flexibility index (Phi) is 6.22. The van der Waals surface area contributed by atoms with Gasteiger partial charge in [0.1, 0.15) is 5.82 Å². The van der Waals surface area contributed by atoms with Crippen molar-refractivity contribution in [1.82, 2.24) is 14.0 Å². The van der Waals surface area contributed by atoms with Crippen LogP contribution in [-0.2, 0) is 26.6 Å². The summed E-state index contributed by atoms with van der Waals surface area (Å²) in [6.07, 6.45) is 4.17. The number of pyridine rings is 1. The van der Waals surface area contributed by atoms with Gasteiger partial charge in [0.15, 0.2) is 0 Å². The van der Waals surface area contributed by atoms with E-state index in [9.17, 15) is 21.2 Å². The summed E-state index contributed by atoms with van der Waals surface area (Å²) in [4.78, 5) is 3.83. The third kappa shape index (κ3) is 5.85. The van der Waals surface area contributed by atoms with Crippen LogP contribution in [0.2, 0.25) is 0 Å². The van der Waals surface area contributed by atoms with Crippen molar-refractivity contribution in [2.24, 2.45) is 0 Å². The van der Waals surface area contributed by atoms with E-state index in [1.165, 1.54) is 0 Å². The summed E-state index contributed by atoms with van der Waals surface area (Å²) >= 11 is 0. The van der Waals surface area contributed by atoms with Gasteiger partial charge in [-0.2, -0.15) is 4.31 Å². The topological polar surface area (TPSA) is 96.4 Å². The molecule has 1 aromatic carbocycles. The highest BCUT2D eigenvalue weighted by molar-refractivity contribution is 7.89. The second-order valence-corrected chi connectivity index (χ2v) is 9.06. The number of nitrogens with zero attached hydrogens (tertiary/aromatic N) is 2. The highest BCUT2D eigenvalue weighted by atomic mass is 32.2. The molecule has 0 aliphatic rings. The molecule has 1 N–H and O–H groups in total. The highest BCUT2D eigenvalue weighted by Crippen LogP contribution is 2.10. The molecule has 0 spiro atoms. The first-order chi connectivity index (χ1) is 11.7. The number of nitrogens with one attached hydrogen (secondary N) is 1. The van der Waals surface area contributed by atoms with Crippen LogP contribution in [0.1, 0.15) is 5.56 Å². The fourth-order valence-electron chi connectivity index (χ4n) is 2.06. The number of sulfonamides is 2. The van der Waals surface area contributed by atoms with Crippen LogP contribution in [0.3, 0.4) is 0 Å². The molecule has 2 aromatic rings. The van der Waals surface area contributed by atoms with Crippen LogP contribution in [0.25, 0.3) is 0 Å². The number of aromatic nitrogens is 1. The van der Waals surface area contributed by atoms with Gasteiger partial charge in [-0.05, 0) is 35.9 Å². The van der Waals surface area contributed by atoms with E-state index in [0.717, 1.165) is 34.8 Å². The highest BCUT2D eigenvalue weighted by Gasteiger charge is 2.19. The molecule has 7 nitrogen and oxygen atoms in total. The molecule has 136 valence electrons. The van der Waals surface area contributed by atoms with Crippen LogP contribution < -0.4 is 4.72 Å². The molecule has 2 rings (SSSR count). The number of rotatable bonds is 8. The van der Waals surface area contributed by atoms with Crippen LogP contribution in [0, 0.1) is 5.82 Å². The van der Waals surface area contributed by atoms with Gasteiger partial charge in [0.25, 0.3) is 0 Å². The first-order valence-corrected chi connectivity index (χ1v) is 10.6. The van der Waals surface area contributed by atoms with Crippen molar-refractivity contribution in [2.75, 3.05) is 19.3 Å². The summed E-state index contributed by atoms with van der Waals surface area (Å²) in [5.41, 5.74) is 0.689. The number of hydrogen-bond acceptors (Lipinski definition) is 5. The molecule has 0 fully saturated rings. The first kappa shape index (κ1) is 19.4. The molecular formula is C15H18FN3O4S2. The average Bonchev–Trinajstić information content (AvgIpc) is 2.54. The Bertz CT molecular complexity index is 902. The quantitative estimate of drug-likeness (QED) is 0.728. The van der Waals surface area contributed by atoms with E-state index >= 15 is 0 Å². The molecule has 0 saturated heterocycles. The summed E-state index contributed by atoms with van der Waals surface area (Å²) in [6.45, 7) is -0.0772. The Morgan fingerprint density at radius 1 is 1.12 bits per heavy atom. The Morgan fingerprint density at radius 2 is 1.80 bits per heavy atom. The maximum absolute atomic E-state index is 12.9. The van der Waals surface area contributed by atoms with E-state index in [0.29, 0.717) is 5.56 Å². The molecule has 1 heterocycles. The van der Waals surface area contributed by atoms with E-state index in [2.05, 4.69) is 9.71 Å². The van der Waals surface area contributed by atoms with Crippen LogP contribution in [0.4, 0.5) is 4.39 Å².